The van der Waals surface area contributed by atoms with Crippen molar-refractivity contribution in [3.63, 3.8) is 0 Å². The van der Waals surface area contributed by atoms with E-state index in [0.717, 1.165) is 23.6 Å². The lowest BCUT2D eigenvalue weighted by atomic mass is 10.1. The van der Waals surface area contributed by atoms with Gasteiger partial charge in [0.05, 0.1) is 0 Å². The first-order chi connectivity index (χ1) is 8.33. The Morgan fingerprint density at radius 2 is 2.06 bits per heavy atom. The second-order valence-electron chi connectivity index (χ2n) is 5.54. The first-order valence-electron chi connectivity index (χ1n) is 6.52. The van der Waals surface area contributed by atoms with E-state index >= 15 is 0 Å². The zero-order valence-electron chi connectivity index (χ0n) is 12.4. The molecule has 1 atom stereocenters. The molecule has 0 amide bonds. The summed E-state index contributed by atoms with van der Waals surface area (Å²) in [6, 6.07) is 0. The number of ether oxygens (including phenoxy) is 1. The third kappa shape index (κ3) is 4.70. The van der Waals surface area contributed by atoms with Crippen LogP contribution in [0.4, 0.5) is 0 Å². The van der Waals surface area contributed by atoms with Gasteiger partial charge >= 0.3 is 0 Å². The van der Waals surface area contributed by atoms with Crippen molar-refractivity contribution in [1.82, 2.24) is 15.3 Å². The van der Waals surface area contributed by atoms with Crippen molar-refractivity contribution in [1.29, 1.82) is 0 Å². The summed E-state index contributed by atoms with van der Waals surface area (Å²) in [7, 11) is 0. The number of nitrogens with one attached hydrogen (secondary N) is 1. The van der Waals surface area contributed by atoms with E-state index in [0.29, 0.717) is 6.61 Å². The van der Waals surface area contributed by atoms with Gasteiger partial charge in [-0.1, -0.05) is 0 Å². The summed E-state index contributed by atoms with van der Waals surface area (Å²) in [4.78, 5) is 8.90. The van der Waals surface area contributed by atoms with Crippen LogP contribution in [0.2, 0.25) is 0 Å². The SMILES string of the molecule is CCOC(C)c1ncc(CNC(C)(C)C)c(C)n1. The van der Waals surface area contributed by atoms with Gasteiger partial charge < -0.3 is 10.1 Å². The lowest BCUT2D eigenvalue weighted by Crippen LogP contribution is -2.35. The van der Waals surface area contributed by atoms with E-state index in [9.17, 15) is 0 Å². The number of hydrogen-bond donors (Lipinski definition) is 1. The molecule has 1 heterocycles. The fourth-order valence-corrected chi connectivity index (χ4v) is 1.56. The van der Waals surface area contributed by atoms with Gasteiger partial charge in [-0.05, 0) is 41.5 Å². The Labute approximate surface area is 110 Å². The van der Waals surface area contributed by atoms with Crippen molar-refractivity contribution < 1.29 is 4.74 Å². The van der Waals surface area contributed by atoms with Crippen LogP contribution in [-0.2, 0) is 11.3 Å². The quantitative estimate of drug-likeness (QED) is 0.874. The third-order valence-corrected chi connectivity index (χ3v) is 2.69. The van der Waals surface area contributed by atoms with Crippen LogP contribution in [0, 0.1) is 6.92 Å². The topological polar surface area (TPSA) is 47.0 Å². The van der Waals surface area contributed by atoms with Crippen molar-refractivity contribution >= 4 is 0 Å². The Kier molecular flexibility index (Phi) is 5.23. The molecule has 1 unspecified atom stereocenters. The molecule has 18 heavy (non-hydrogen) atoms. The van der Waals surface area contributed by atoms with Crippen molar-refractivity contribution in [2.45, 2.75) is 59.7 Å². The van der Waals surface area contributed by atoms with Crippen LogP contribution in [-0.4, -0.2) is 22.1 Å². The lowest BCUT2D eigenvalue weighted by molar-refractivity contribution is 0.0699. The van der Waals surface area contributed by atoms with E-state index in [1.165, 1.54) is 0 Å². The summed E-state index contributed by atoms with van der Waals surface area (Å²) < 4.78 is 5.50. The molecule has 4 heteroatoms. The Morgan fingerprint density at radius 3 is 2.56 bits per heavy atom. The summed E-state index contributed by atoms with van der Waals surface area (Å²) in [5, 5.41) is 3.44. The minimum absolute atomic E-state index is 0.0432. The number of aromatic nitrogens is 2. The zero-order chi connectivity index (χ0) is 13.8. The molecular weight excluding hydrogens is 226 g/mol. The smallest absolute Gasteiger partial charge is 0.157 e. The van der Waals surface area contributed by atoms with Crippen molar-refractivity contribution in [3.05, 3.63) is 23.3 Å². The Hall–Kier alpha value is -1.00. The van der Waals surface area contributed by atoms with Gasteiger partial charge in [0.1, 0.15) is 6.10 Å². The van der Waals surface area contributed by atoms with Crippen LogP contribution >= 0.6 is 0 Å². The maximum absolute atomic E-state index is 5.50. The summed E-state index contributed by atoms with van der Waals surface area (Å²) >= 11 is 0. The molecule has 0 bridgehead atoms. The number of hydrogen-bond acceptors (Lipinski definition) is 4. The fraction of sp³-hybridized carbons (Fsp3) is 0.714. The standard InChI is InChI=1S/C14H25N3O/c1-7-18-11(3)13-15-8-12(10(2)17-13)9-16-14(4,5)6/h8,11,16H,7,9H2,1-6H3. The fourth-order valence-electron chi connectivity index (χ4n) is 1.56. The average molecular weight is 251 g/mol. The van der Waals surface area contributed by atoms with Gasteiger partial charge in [0.25, 0.3) is 0 Å². The molecule has 1 N–H and O–H groups in total. The van der Waals surface area contributed by atoms with Gasteiger partial charge in [0.15, 0.2) is 5.82 Å². The maximum atomic E-state index is 5.50. The first kappa shape index (κ1) is 15.1. The molecule has 0 saturated heterocycles. The highest BCUT2D eigenvalue weighted by molar-refractivity contribution is 5.16. The van der Waals surface area contributed by atoms with Crippen molar-refractivity contribution in [3.8, 4) is 0 Å². The van der Waals surface area contributed by atoms with Crippen LogP contribution in [0.1, 0.15) is 57.8 Å². The monoisotopic (exact) mass is 251 g/mol. The van der Waals surface area contributed by atoms with Crippen LogP contribution in [0.5, 0.6) is 0 Å². The number of rotatable bonds is 5. The predicted octanol–water partition coefficient (Wildman–Crippen LogP) is 2.77. The first-order valence-corrected chi connectivity index (χ1v) is 6.52. The van der Waals surface area contributed by atoms with Crippen molar-refractivity contribution in [2.75, 3.05) is 6.61 Å². The normalized spacial score (nSPS) is 13.7. The van der Waals surface area contributed by atoms with Gasteiger partial charge in [0.2, 0.25) is 0 Å². The highest BCUT2D eigenvalue weighted by Crippen LogP contribution is 2.14. The average Bonchev–Trinajstić information content (AvgIpc) is 2.26. The molecule has 0 fully saturated rings. The lowest BCUT2D eigenvalue weighted by Gasteiger charge is -2.21. The van der Waals surface area contributed by atoms with E-state index < -0.39 is 0 Å². The maximum Gasteiger partial charge on any atom is 0.157 e. The summed E-state index contributed by atoms with van der Waals surface area (Å²) in [5.74, 6) is 0.758. The van der Waals surface area contributed by atoms with Crippen LogP contribution in [0.3, 0.4) is 0 Å². The molecular formula is C14H25N3O. The molecule has 1 aromatic heterocycles. The minimum Gasteiger partial charge on any atom is -0.371 e. The Morgan fingerprint density at radius 1 is 1.39 bits per heavy atom. The summed E-state index contributed by atoms with van der Waals surface area (Å²) in [6.07, 6.45) is 1.85. The highest BCUT2D eigenvalue weighted by atomic mass is 16.5. The summed E-state index contributed by atoms with van der Waals surface area (Å²) in [6.45, 7) is 13.9. The van der Waals surface area contributed by atoms with Crippen LogP contribution < -0.4 is 5.32 Å². The highest BCUT2D eigenvalue weighted by Gasteiger charge is 2.13. The minimum atomic E-state index is -0.0432. The molecule has 0 spiro atoms. The molecule has 4 nitrogen and oxygen atoms in total. The molecule has 0 aliphatic heterocycles. The van der Waals surface area contributed by atoms with E-state index in [4.69, 9.17) is 4.74 Å². The summed E-state index contributed by atoms with van der Waals surface area (Å²) in [5.41, 5.74) is 2.25. The van der Waals surface area contributed by atoms with Crippen LogP contribution in [0.25, 0.3) is 0 Å². The molecule has 0 aliphatic carbocycles. The molecule has 0 radical (unpaired) electrons. The zero-order valence-corrected chi connectivity index (χ0v) is 12.4. The number of nitrogens with zero attached hydrogens (tertiary/aromatic N) is 2. The molecule has 0 aromatic carbocycles. The van der Waals surface area contributed by atoms with Crippen molar-refractivity contribution in [2.24, 2.45) is 0 Å². The van der Waals surface area contributed by atoms with Crippen LogP contribution in [0.15, 0.2) is 6.20 Å². The van der Waals surface area contributed by atoms with E-state index in [2.05, 4.69) is 36.1 Å². The van der Waals surface area contributed by atoms with E-state index in [1.807, 2.05) is 27.0 Å². The Bertz CT molecular complexity index is 385. The van der Waals surface area contributed by atoms with E-state index in [-0.39, 0.29) is 11.6 Å². The van der Waals surface area contributed by atoms with E-state index in [1.54, 1.807) is 0 Å². The molecule has 0 saturated carbocycles. The predicted molar refractivity (Wildman–Crippen MR) is 73.4 cm³/mol. The third-order valence-electron chi connectivity index (χ3n) is 2.69. The molecule has 0 aliphatic rings. The van der Waals surface area contributed by atoms with Gasteiger partial charge in [-0.3, -0.25) is 0 Å². The molecule has 1 aromatic rings. The second kappa shape index (κ2) is 6.25. The largest absolute Gasteiger partial charge is 0.371 e. The van der Waals surface area contributed by atoms with Gasteiger partial charge in [-0.25, -0.2) is 9.97 Å². The van der Waals surface area contributed by atoms with Gasteiger partial charge in [0, 0.05) is 36.1 Å². The Balaban J connectivity index is 2.73. The molecule has 1 rings (SSSR count). The number of aryl methyl sites for hydroxylation is 1. The van der Waals surface area contributed by atoms with Gasteiger partial charge in [-0.2, -0.15) is 0 Å². The molecule has 102 valence electrons. The van der Waals surface area contributed by atoms with Gasteiger partial charge in [-0.15, -0.1) is 0 Å². The second-order valence-corrected chi connectivity index (χ2v) is 5.54.